The van der Waals surface area contributed by atoms with Gasteiger partial charge in [-0.05, 0) is 37.8 Å². The normalized spacial score (nSPS) is 11.0. The topological polar surface area (TPSA) is 66.4 Å². The summed E-state index contributed by atoms with van der Waals surface area (Å²) in [7, 11) is 4.87. The molecule has 0 unspecified atom stereocenters. The number of aromatic carboxylic acids is 1. The van der Waals surface area contributed by atoms with Crippen LogP contribution in [0, 0.1) is 0 Å². The minimum Gasteiger partial charge on any atom is -0.545 e. The molecular weight excluding hydrogens is 450 g/mol. The lowest BCUT2D eigenvalue weighted by Gasteiger charge is -2.30. The van der Waals surface area contributed by atoms with Crippen molar-refractivity contribution in [1.29, 1.82) is 0 Å². The van der Waals surface area contributed by atoms with Gasteiger partial charge in [0.15, 0.2) is 0 Å². The van der Waals surface area contributed by atoms with Crippen LogP contribution >= 0.6 is 0 Å². The Kier molecular flexibility index (Phi) is 21.2. The van der Waals surface area contributed by atoms with E-state index in [0.717, 1.165) is 0 Å². The molecule has 0 bridgehead atoms. The molecule has 0 heterocycles. The summed E-state index contributed by atoms with van der Waals surface area (Å²) in [5.74, 6) is -1.92. The van der Waals surface area contributed by atoms with E-state index in [1.54, 1.807) is 6.07 Å². The lowest BCUT2D eigenvalue weighted by molar-refractivity contribution is -0.890. The van der Waals surface area contributed by atoms with E-state index in [-0.39, 0.29) is 11.3 Å². The van der Waals surface area contributed by atoms with Crippen LogP contribution in [-0.2, 0) is 4.79 Å². The Balaban J connectivity index is 0.000000790. The van der Waals surface area contributed by atoms with Gasteiger partial charge in [-0.2, -0.15) is 0 Å². The molecule has 0 atom stereocenters. The number of nitrogens with zero attached hydrogens (tertiary/aromatic N) is 1. The van der Waals surface area contributed by atoms with Gasteiger partial charge >= 0.3 is 5.97 Å². The second-order valence-electron chi connectivity index (χ2n) is 10.7. The zero-order valence-corrected chi connectivity index (χ0v) is 24.1. The summed E-state index contributed by atoms with van der Waals surface area (Å²) in [4.78, 5) is 21.1. The summed E-state index contributed by atoms with van der Waals surface area (Å²) in [5, 5.41) is 10.5. The number of carboxylic acids is 1. The van der Waals surface area contributed by atoms with Gasteiger partial charge in [0.2, 0.25) is 0 Å². The molecule has 0 N–H and O–H groups in total. The molecule has 208 valence electrons. The van der Waals surface area contributed by atoms with Crippen LogP contribution in [0.3, 0.4) is 0 Å². The lowest BCUT2D eigenvalue weighted by Crippen LogP contribution is -2.41. The summed E-state index contributed by atoms with van der Waals surface area (Å²) in [5.41, 5.74) is -0.127. The molecule has 0 spiro atoms. The smallest absolute Gasteiger partial charge is 0.308 e. The number of carboxylic acid groups (broad SMARTS) is 1. The van der Waals surface area contributed by atoms with Gasteiger partial charge in [0.1, 0.15) is 5.75 Å². The van der Waals surface area contributed by atoms with Crippen molar-refractivity contribution in [3.8, 4) is 5.75 Å². The fourth-order valence-corrected chi connectivity index (χ4v) is 4.34. The maximum Gasteiger partial charge on any atom is 0.308 e. The Bertz CT molecular complexity index is 665. The highest BCUT2D eigenvalue weighted by Crippen LogP contribution is 2.17. The number of para-hydroxylation sites is 1. The standard InChI is InChI=1S/C22H48N.C9H8O4/c1-5-7-9-11-13-15-17-19-21-23(3,4)22-20-18-16-14-12-10-8-6-2;1-6(10)13-8-5-3-2-4-7(8)9(11)12/h5-22H2,1-4H3;2-5H,1H3,(H,11,12)/q+1;/p-1. The molecule has 36 heavy (non-hydrogen) atoms. The molecule has 5 nitrogen and oxygen atoms in total. The van der Waals surface area contributed by atoms with Crippen LogP contribution in [-0.4, -0.2) is 43.6 Å². The number of hydrogen-bond acceptors (Lipinski definition) is 4. The predicted molar refractivity (Wildman–Crippen MR) is 149 cm³/mol. The third-order valence-corrected chi connectivity index (χ3v) is 6.59. The Labute approximate surface area is 222 Å². The van der Waals surface area contributed by atoms with E-state index in [4.69, 9.17) is 0 Å². The number of unbranched alkanes of at least 4 members (excludes halogenated alkanes) is 14. The van der Waals surface area contributed by atoms with Crippen LogP contribution in [0.1, 0.15) is 134 Å². The number of carbonyl (C=O) groups is 2. The maximum absolute atomic E-state index is 10.6. The Morgan fingerprint density at radius 3 is 1.47 bits per heavy atom. The van der Waals surface area contributed by atoms with E-state index in [1.165, 1.54) is 145 Å². The molecule has 0 aliphatic carbocycles. The molecular formula is C31H55NO4. The number of rotatable bonds is 20. The van der Waals surface area contributed by atoms with Crippen molar-refractivity contribution in [2.75, 3.05) is 27.2 Å². The van der Waals surface area contributed by atoms with Crippen molar-refractivity contribution < 1.29 is 23.9 Å². The van der Waals surface area contributed by atoms with Gasteiger partial charge in [-0.15, -0.1) is 0 Å². The van der Waals surface area contributed by atoms with Crippen molar-refractivity contribution >= 4 is 11.9 Å². The second kappa shape index (κ2) is 22.3. The van der Waals surface area contributed by atoms with Gasteiger partial charge in [-0.1, -0.05) is 103 Å². The van der Waals surface area contributed by atoms with Gasteiger partial charge in [0.25, 0.3) is 0 Å². The lowest BCUT2D eigenvalue weighted by atomic mass is 10.1. The maximum atomic E-state index is 10.6. The van der Waals surface area contributed by atoms with Gasteiger partial charge in [-0.3, -0.25) is 4.79 Å². The van der Waals surface area contributed by atoms with Gasteiger partial charge in [0.05, 0.1) is 33.2 Å². The molecule has 1 aromatic rings. The molecule has 0 amide bonds. The van der Waals surface area contributed by atoms with Crippen LogP contribution in [0.25, 0.3) is 0 Å². The van der Waals surface area contributed by atoms with Gasteiger partial charge in [0, 0.05) is 12.5 Å². The minimum atomic E-state index is -1.36. The second-order valence-corrected chi connectivity index (χ2v) is 10.7. The Hall–Kier alpha value is -1.88. The fraction of sp³-hybridized carbons (Fsp3) is 0.742. The average molecular weight is 506 g/mol. The predicted octanol–water partition coefficient (Wildman–Crippen LogP) is 7.32. The number of benzene rings is 1. The molecule has 1 rings (SSSR count). The van der Waals surface area contributed by atoms with Crippen molar-refractivity contribution in [2.24, 2.45) is 0 Å². The van der Waals surface area contributed by atoms with E-state index in [1.807, 2.05) is 0 Å². The highest BCUT2D eigenvalue weighted by atomic mass is 16.5. The highest BCUT2D eigenvalue weighted by molar-refractivity contribution is 5.90. The van der Waals surface area contributed by atoms with E-state index in [2.05, 4.69) is 32.7 Å². The molecule has 0 fully saturated rings. The molecule has 5 heteroatoms. The molecule has 0 aromatic heterocycles. The number of carbonyl (C=O) groups excluding carboxylic acids is 2. The van der Waals surface area contributed by atoms with Crippen LogP contribution < -0.4 is 9.84 Å². The third-order valence-electron chi connectivity index (χ3n) is 6.59. The van der Waals surface area contributed by atoms with Crippen molar-refractivity contribution in [1.82, 2.24) is 0 Å². The summed E-state index contributed by atoms with van der Waals surface area (Å²) < 4.78 is 5.89. The number of ether oxygens (including phenoxy) is 1. The average Bonchev–Trinajstić information content (AvgIpc) is 2.82. The van der Waals surface area contributed by atoms with E-state index >= 15 is 0 Å². The van der Waals surface area contributed by atoms with Crippen LogP contribution in [0.2, 0.25) is 0 Å². The van der Waals surface area contributed by atoms with Crippen molar-refractivity contribution in [2.45, 2.75) is 124 Å². The number of hydrogen-bond donors (Lipinski definition) is 0. The van der Waals surface area contributed by atoms with E-state index < -0.39 is 11.9 Å². The molecule has 0 saturated heterocycles. The number of quaternary nitrogens is 1. The number of esters is 1. The van der Waals surface area contributed by atoms with E-state index in [0.29, 0.717) is 0 Å². The first-order chi connectivity index (χ1) is 17.2. The molecule has 0 aliphatic rings. The van der Waals surface area contributed by atoms with E-state index in [9.17, 15) is 14.7 Å². The molecule has 0 saturated carbocycles. The zero-order chi connectivity index (χ0) is 27.1. The summed E-state index contributed by atoms with van der Waals surface area (Å²) in [6.45, 7) is 8.56. The summed E-state index contributed by atoms with van der Waals surface area (Å²) in [6.07, 6.45) is 23.0. The first-order valence-electron chi connectivity index (χ1n) is 14.5. The highest BCUT2D eigenvalue weighted by Gasteiger charge is 2.13. The van der Waals surface area contributed by atoms with Crippen molar-refractivity contribution in [3.05, 3.63) is 29.8 Å². The third kappa shape index (κ3) is 20.3. The molecule has 1 aromatic carbocycles. The monoisotopic (exact) mass is 505 g/mol. The van der Waals surface area contributed by atoms with Crippen molar-refractivity contribution in [3.63, 3.8) is 0 Å². The molecule has 0 radical (unpaired) electrons. The Morgan fingerprint density at radius 1 is 0.694 bits per heavy atom. The largest absolute Gasteiger partial charge is 0.545 e. The summed E-state index contributed by atoms with van der Waals surface area (Å²) >= 11 is 0. The van der Waals surface area contributed by atoms with Crippen LogP contribution in [0.4, 0.5) is 0 Å². The SMILES string of the molecule is CC(=O)Oc1ccccc1C(=O)[O-].CCCCCCCCCC[N+](C)(C)CCCCCCCCCC. The fourth-order valence-electron chi connectivity index (χ4n) is 4.34. The zero-order valence-electron chi connectivity index (χ0n) is 24.1. The van der Waals surface area contributed by atoms with Crippen LogP contribution in [0.5, 0.6) is 5.75 Å². The van der Waals surface area contributed by atoms with Gasteiger partial charge in [-0.25, -0.2) is 0 Å². The molecule has 0 aliphatic heterocycles. The minimum absolute atomic E-state index is 0.00926. The van der Waals surface area contributed by atoms with Gasteiger partial charge < -0.3 is 19.1 Å². The Morgan fingerprint density at radius 2 is 1.08 bits per heavy atom. The van der Waals surface area contributed by atoms with Crippen LogP contribution in [0.15, 0.2) is 24.3 Å². The first-order valence-corrected chi connectivity index (χ1v) is 14.5. The first kappa shape index (κ1) is 34.1. The quantitative estimate of drug-likeness (QED) is 0.0806. The summed E-state index contributed by atoms with van der Waals surface area (Å²) in [6, 6.07) is 5.81.